The zero-order valence-electron chi connectivity index (χ0n) is 14.1. The fourth-order valence-electron chi connectivity index (χ4n) is 4.98. The summed E-state index contributed by atoms with van der Waals surface area (Å²) >= 11 is 0. The summed E-state index contributed by atoms with van der Waals surface area (Å²) in [4.78, 5) is 5.59. The molecule has 0 aromatic heterocycles. The zero-order chi connectivity index (χ0) is 14.5. The van der Waals surface area contributed by atoms with Crippen molar-refractivity contribution in [1.82, 2.24) is 15.1 Å². The maximum atomic E-state index is 3.67. The molecule has 1 N–H and O–H groups in total. The standard InChI is InChI=1S/C18H35N3/c1-2-19-15-18(9-4-3-5-10-18)16-20-11-7-13-21-12-6-8-17(21)14-20/h17,19H,2-16H2,1H3. The summed E-state index contributed by atoms with van der Waals surface area (Å²) in [6, 6.07) is 0.868. The molecule has 0 spiro atoms. The molecule has 21 heavy (non-hydrogen) atoms. The van der Waals surface area contributed by atoms with E-state index in [1.807, 2.05) is 0 Å². The first kappa shape index (κ1) is 15.8. The monoisotopic (exact) mass is 293 g/mol. The average molecular weight is 293 g/mol. The summed E-state index contributed by atoms with van der Waals surface area (Å²) in [6.45, 7) is 11.4. The number of fused-ring (bicyclic) bond motifs is 1. The van der Waals surface area contributed by atoms with Gasteiger partial charge in [-0.25, -0.2) is 0 Å². The van der Waals surface area contributed by atoms with Crippen LogP contribution in [0.5, 0.6) is 0 Å². The molecule has 2 heterocycles. The van der Waals surface area contributed by atoms with E-state index in [0.29, 0.717) is 5.41 Å². The van der Waals surface area contributed by atoms with Gasteiger partial charge in [0.25, 0.3) is 0 Å². The first-order chi connectivity index (χ1) is 10.3. The Morgan fingerprint density at radius 1 is 1.00 bits per heavy atom. The van der Waals surface area contributed by atoms with Crippen LogP contribution in [0.25, 0.3) is 0 Å². The Balaban J connectivity index is 1.61. The van der Waals surface area contributed by atoms with Crippen LogP contribution >= 0.6 is 0 Å². The van der Waals surface area contributed by atoms with Crippen LogP contribution in [0.15, 0.2) is 0 Å². The predicted octanol–water partition coefficient (Wildman–Crippen LogP) is 2.72. The van der Waals surface area contributed by atoms with Crippen molar-refractivity contribution in [3.63, 3.8) is 0 Å². The van der Waals surface area contributed by atoms with Crippen LogP contribution in [0.3, 0.4) is 0 Å². The number of nitrogens with zero attached hydrogens (tertiary/aromatic N) is 2. The van der Waals surface area contributed by atoms with Gasteiger partial charge < -0.3 is 10.2 Å². The second kappa shape index (κ2) is 7.43. The van der Waals surface area contributed by atoms with E-state index < -0.39 is 0 Å². The van der Waals surface area contributed by atoms with Crippen LogP contribution in [0.1, 0.15) is 58.3 Å². The second-order valence-electron chi connectivity index (χ2n) is 7.76. The molecule has 1 saturated carbocycles. The third-order valence-corrected chi connectivity index (χ3v) is 6.11. The molecule has 3 rings (SSSR count). The Hall–Kier alpha value is -0.120. The second-order valence-corrected chi connectivity index (χ2v) is 7.76. The SMILES string of the molecule is CCNCC1(CN2CCCN3CCCC3C2)CCCCC1. The van der Waals surface area contributed by atoms with E-state index in [2.05, 4.69) is 22.0 Å². The zero-order valence-corrected chi connectivity index (χ0v) is 14.1. The summed E-state index contributed by atoms with van der Waals surface area (Å²) < 4.78 is 0. The third-order valence-electron chi connectivity index (χ3n) is 6.11. The van der Waals surface area contributed by atoms with Crippen molar-refractivity contribution >= 4 is 0 Å². The minimum atomic E-state index is 0.571. The Kier molecular flexibility index (Phi) is 5.58. The van der Waals surface area contributed by atoms with E-state index in [-0.39, 0.29) is 0 Å². The first-order valence-corrected chi connectivity index (χ1v) is 9.48. The van der Waals surface area contributed by atoms with Crippen LogP contribution in [0, 0.1) is 5.41 Å². The Labute approximate surface area is 131 Å². The highest BCUT2D eigenvalue weighted by Crippen LogP contribution is 2.37. The van der Waals surface area contributed by atoms with Gasteiger partial charge in [0.1, 0.15) is 0 Å². The molecule has 122 valence electrons. The fraction of sp³-hybridized carbons (Fsp3) is 1.00. The molecule has 0 radical (unpaired) electrons. The molecule has 3 fully saturated rings. The molecule has 1 atom stereocenters. The topological polar surface area (TPSA) is 18.5 Å². The quantitative estimate of drug-likeness (QED) is 0.841. The van der Waals surface area contributed by atoms with E-state index in [4.69, 9.17) is 0 Å². The van der Waals surface area contributed by atoms with Crippen molar-refractivity contribution < 1.29 is 0 Å². The lowest BCUT2D eigenvalue weighted by Crippen LogP contribution is -2.47. The van der Waals surface area contributed by atoms with Crippen LogP contribution in [0.2, 0.25) is 0 Å². The molecule has 3 heteroatoms. The molecule has 2 aliphatic heterocycles. The Morgan fingerprint density at radius 2 is 1.81 bits per heavy atom. The average Bonchev–Trinajstić information content (AvgIpc) is 2.85. The first-order valence-electron chi connectivity index (χ1n) is 9.48. The van der Waals surface area contributed by atoms with Gasteiger partial charge in [-0.15, -0.1) is 0 Å². The molecule has 3 aliphatic rings. The van der Waals surface area contributed by atoms with Crippen LogP contribution in [-0.2, 0) is 0 Å². The Morgan fingerprint density at radius 3 is 2.62 bits per heavy atom. The van der Waals surface area contributed by atoms with E-state index in [9.17, 15) is 0 Å². The van der Waals surface area contributed by atoms with Gasteiger partial charge in [0, 0.05) is 25.7 Å². The number of rotatable bonds is 5. The lowest BCUT2D eigenvalue weighted by molar-refractivity contribution is 0.0971. The van der Waals surface area contributed by atoms with Crippen molar-refractivity contribution in [2.45, 2.75) is 64.3 Å². The minimum Gasteiger partial charge on any atom is -0.316 e. The van der Waals surface area contributed by atoms with E-state index >= 15 is 0 Å². The largest absolute Gasteiger partial charge is 0.316 e. The van der Waals surface area contributed by atoms with Crippen LogP contribution in [0.4, 0.5) is 0 Å². The highest BCUT2D eigenvalue weighted by molar-refractivity contribution is 4.91. The van der Waals surface area contributed by atoms with Crippen molar-refractivity contribution in [2.75, 3.05) is 45.8 Å². The van der Waals surface area contributed by atoms with Crippen LogP contribution < -0.4 is 5.32 Å². The van der Waals surface area contributed by atoms with E-state index in [1.165, 1.54) is 90.6 Å². The molecule has 0 aromatic carbocycles. The lowest BCUT2D eigenvalue weighted by Gasteiger charge is -2.42. The maximum Gasteiger partial charge on any atom is 0.0223 e. The van der Waals surface area contributed by atoms with E-state index in [1.54, 1.807) is 0 Å². The normalized spacial score (nSPS) is 31.0. The summed E-state index contributed by atoms with van der Waals surface area (Å²) in [5.41, 5.74) is 0.571. The molecule has 3 nitrogen and oxygen atoms in total. The fourth-order valence-corrected chi connectivity index (χ4v) is 4.98. The summed E-state index contributed by atoms with van der Waals surface area (Å²) in [7, 11) is 0. The smallest absolute Gasteiger partial charge is 0.0223 e. The molecule has 0 bridgehead atoms. The van der Waals surface area contributed by atoms with Gasteiger partial charge in [-0.3, -0.25) is 4.90 Å². The Bertz CT molecular complexity index is 312. The summed E-state index contributed by atoms with van der Waals surface area (Å²) in [5.74, 6) is 0. The summed E-state index contributed by atoms with van der Waals surface area (Å²) in [5, 5.41) is 3.67. The van der Waals surface area contributed by atoms with Gasteiger partial charge in [-0.05, 0) is 63.7 Å². The molecule has 0 amide bonds. The van der Waals surface area contributed by atoms with Crippen molar-refractivity contribution in [1.29, 1.82) is 0 Å². The highest BCUT2D eigenvalue weighted by atomic mass is 15.3. The molecule has 0 aromatic rings. The van der Waals surface area contributed by atoms with Crippen molar-refractivity contribution in [2.24, 2.45) is 5.41 Å². The van der Waals surface area contributed by atoms with Gasteiger partial charge in [0.05, 0.1) is 0 Å². The van der Waals surface area contributed by atoms with Gasteiger partial charge in [-0.2, -0.15) is 0 Å². The highest BCUT2D eigenvalue weighted by Gasteiger charge is 2.36. The minimum absolute atomic E-state index is 0.571. The van der Waals surface area contributed by atoms with Crippen LogP contribution in [-0.4, -0.2) is 61.7 Å². The van der Waals surface area contributed by atoms with Gasteiger partial charge in [0.15, 0.2) is 0 Å². The maximum absolute atomic E-state index is 3.67. The molecule has 2 saturated heterocycles. The lowest BCUT2D eigenvalue weighted by atomic mass is 9.73. The molecular formula is C18H35N3. The molecule has 1 aliphatic carbocycles. The van der Waals surface area contributed by atoms with E-state index in [0.717, 1.165) is 12.6 Å². The summed E-state index contributed by atoms with van der Waals surface area (Å²) in [6.07, 6.45) is 11.5. The number of nitrogens with one attached hydrogen (secondary N) is 1. The number of hydrogen-bond donors (Lipinski definition) is 1. The van der Waals surface area contributed by atoms with Gasteiger partial charge in [-0.1, -0.05) is 26.2 Å². The molecule has 1 unspecified atom stereocenters. The van der Waals surface area contributed by atoms with Crippen molar-refractivity contribution in [3.05, 3.63) is 0 Å². The van der Waals surface area contributed by atoms with Gasteiger partial charge in [0.2, 0.25) is 0 Å². The predicted molar refractivity (Wildman–Crippen MR) is 89.7 cm³/mol. The number of hydrogen-bond acceptors (Lipinski definition) is 3. The third kappa shape index (κ3) is 4.00. The van der Waals surface area contributed by atoms with Gasteiger partial charge >= 0.3 is 0 Å². The van der Waals surface area contributed by atoms with Crippen molar-refractivity contribution in [3.8, 4) is 0 Å². The molecular weight excluding hydrogens is 258 g/mol.